The summed E-state index contributed by atoms with van der Waals surface area (Å²) in [5.74, 6) is 0.832. The SMILES string of the molecule is C=CCNC(=O)CCc1csc(-c2cccc(OC)c2)n1. The van der Waals surface area contributed by atoms with Crippen LogP contribution >= 0.6 is 11.3 Å². The molecule has 0 spiro atoms. The van der Waals surface area contributed by atoms with Gasteiger partial charge >= 0.3 is 0 Å². The molecule has 1 amide bonds. The van der Waals surface area contributed by atoms with Crippen LogP contribution in [0.25, 0.3) is 10.6 Å². The van der Waals surface area contributed by atoms with Crippen LogP contribution in [0.1, 0.15) is 12.1 Å². The molecule has 4 nitrogen and oxygen atoms in total. The zero-order chi connectivity index (χ0) is 15.1. The minimum atomic E-state index is 0.0193. The Bertz CT molecular complexity index is 622. The molecule has 0 aliphatic heterocycles. The van der Waals surface area contributed by atoms with Crippen LogP contribution in [0.4, 0.5) is 0 Å². The van der Waals surface area contributed by atoms with Gasteiger partial charge in [0.15, 0.2) is 0 Å². The zero-order valence-corrected chi connectivity index (χ0v) is 12.8. The Kier molecular flexibility index (Phi) is 5.51. The average Bonchev–Trinajstić information content (AvgIpc) is 3.00. The third kappa shape index (κ3) is 4.43. The predicted octanol–water partition coefficient (Wildman–Crippen LogP) is 3.05. The maximum atomic E-state index is 11.5. The number of amides is 1. The molecule has 2 aromatic rings. The number of ether oxygens (including phenoxy) is 1. The van der Waals surface area contributed by atoms with Crippen molar-refractivity contribution >= 4 is 17.2 Å². The summed E-state index contributed by atoms with van der Waals surface area (Å²) in [4.78, 5) is 16.1. The van der Waals surface area contributed by atoms with Crippen LogP contribution in [0.5, 0.6) is 5.75 Å². The summed E-state index contributed by atoms with van der Waals surface area (Å²) >= 11 is 1.58. The molecular weight excluding hydrogens is 284 g/mol. The maximum Gasteiger partial charge on any atom is 0.220 e. The summed E-state index contributed by atoms with van der Waals surface area (Å²) in [6.45, 7) is 4.07. The molecule has 1 heterocycles. The molecule has 0 unspecified atom stereocenters. The molecule has 1 aromatic carbocycles. The van der Waals surface area contributed by atoms with E-state index in [9.17, 15) is 4.79 Å². The van der Waals surface area contributed by atoms with E-state index >= 15 is 0 Å². The second kappa shape index (κ2) is 7.59. The van der Waals surface area contributed by atoms with E-state index in [1.165, 1.54) is 0 Å². The number of hydrogen-bond donors (Lipinski definition) is 1. The highest BCUT2D eigenvalue weighted by Crippen LogP contribution is 2.27. The van der Waals surface area contributed by atoms with E-state index in [2.05, 4.69) is 16.9 Å². The van der Waals surface area contributed by atoms with Crippen LogP contribution in [0.15, 0.2) is 42.3 Å². The molecule has 0 atom stereocenters. The first-order chi connectivity index (χ1) is 10.2. The van der Waals surface area contributed by atoms with E-state index in [-0.39, 0.29) is 5.91 Å². The Morgan fingerprint density at radius 2 is 2.38 bits per heavy atom. The van der Waals surface area contributed by atoms with Gasteiger partial charge in [0.1, 0.15) is 10.8 Å². The first kappa shape index (κ1) is 15.3. The highest BCUT2D eigenvalue weighted by molar-refractivity contribution is 7.13. The molecular formula is C16H18N2O2S. The van der Waals surface area contributed by atoms with Crippen molar-refractivity contribution in [3.8, 4) is 16.3 Å². The predicted molar refractivity (Wildman–Crippen MR) is 85.6 cm³/mol. The Hall–Kier alpha value is -2.14. The lowest BCUT2D eigenvalue weighted by Gasteiger charge is -2.01. The molecule has 5 heteroatoms. The van der Waals surface area contributed by atoms with Gasteiger partial charge in [0.25, 0.3) is 0 Å². The van der Waals surface area contributed by atoms with E-state index in [1.807, 2.05) is 29.6 Å². The van der Waals surface area contributed by atoms with Gasteiger partial charge in [-0.05, 0) is 18.6 Å². The molecule has 0 fully saturated rings. The van der Waals surface area contributed by atoms with Gasteiger partial charge in [-0.15, -0.1) is 17.9 Å². The molecule has 0 saturated heterocycles. The van der Waals surface area contributed by atoms with Gasteiger partial charge in [-0.3, -0.25) is 4.79 Å². The molecule has 0 bridgehead atoms. The van der Waals surface area contributed by atoms with Gasteiger partial charge in [0.05, 0.1) is 12.8 Å². The number of aromatic nitrogens is 1. The van der Waals surface area contributed by atoms with Crippen molar-refractivity contribution in [2.75, 3.05) is 13.7 Å². The summed E-state index contributed by atoms with van der Waals surface area (Å²) in [5.41, 5.74) is 1.97. The highest BCUT2D eigenvalue weighted by Gasteiger charge is 2.07. The van der Waals surface area contributed by atoms with Gasteiger partial charge in [-0.25, -0.2) is 4.98 Å². The number of methoxy groups -OCH3 is 1. The molecule has 0 aliphatic carbocycles. The second-order valence-corrected chi connectivity index (χ2v) is 5.33. The lowest BCUT2D eigenvalue weighted by atomic mass is 10.2. The van der Waals surface area contributed by atoms with E-state index in [1.54, 1.807) is 24.5 Å². The average molecular weight is 302 g/mol. The summed E-state index contributed by atoms with van der Waals surface area (Å²) in [6.07, 6.45) is 2.75. The number of thiazole rings is 1. The number of carbonyl (C=O) groups is 1. The fraction of sp³-hybridized carbons (Fsp3) is 0.250. The van der Waals surface area contributed by atoms with Crippen molar-refractivity contribution in [3.63, 3.8) is 0 Å². The summed E-state index contributed by atoms with van der Waals surface area (Å²) < 4.78 is 5.22. The highest BCUT2D eigenvalue weighted by atomic mass is 32.1. The van der Waals surface area contributed by atoms with E-state index in [0.717, 1.165) is 22.0 Å². The van der Waals surface area contributed by atoms with Crippen molar-refractivity contribution in [2.45, 2.75) is 12.8 Å². The first-order valence-corrected chi connectivity index (χ1v) is 7.57. The lowest BCUT2D eigenvalue weighted by molar-refractivity contribution is -0.120. The van der Waals surface area contributed by atoms with Gasteiger partial charge in [-0.1, -0.05) is 18.2 Å². The standard InChI is InChI=1S/C16H18N2O2S/c1-3-9-17-15(19)8-7-13-11-21-16(18-13)12-5-4-6-14(10-12)20-2/h3-6,10-11H,1,7-9H2,2H3,(H,17,19). The minimum absolute atomic E-state index is 0.0193. The zero-order valence-electron chi connectivity index (χ0n) is 12.0. The van der Waals surface area contributed by atoms with Gasteiger partial charge in [-0.2, -0.15) is 0 Å². The van der Waals surface area contributed by atoms with Gasteiger partial charge < -0.3 is 10.1 Å². The van der Waals surface area contributed by atoms with Crippen LogP contribution in [0, 0.1) is 0 Å². The van der Waals surface area contributed by atoms with Gasteiger partial charge in [0, 0.05) is 23.9 Å². The Morgan fingerprint density at radius 3 is 3.14 bits per heavy atom. The summed E-state index contributed by atoms with van der Waals surface area (Å²) in [7, 11) is 1.65. The number of rotatable bonds is 7. The smallest absolute Gasteiger partial charge is 0.220 e. The topological polar surface area (TPSA) is 51.2 Å². The lowest BCUT2D eigenvalue weighted by Crippen LogP contribution is -2.23. The van der Waals surface area contributed by atoms with E-state index in [0.29, 0.717) is 19.4 Å². The van der Waals surface area contributed by atoms with Gasteiger partial charge in [0.2, 0.25) is 5.91 Å². The normalized spacial score (nSPS) is 10.1. The number of benzene rings is 1. The third-order valence-corrected chi connectivity index (χ3v) is 3.86. The number of nitrogens with one attached hydrogen (secondary N) is 1. The molecule has 21 heavy (non-hydrogen) atoms. The van der Waals surface area contributed by atoms with Crippen molar-refractivity contribution in [3.05, 3.63) is 48.0 Å². The number of aryl methyl sites for hydroxylation is 1. The Labute approximate surface area is 128 Å². The van der Waals surface area contributed by atoms with Crippen molar-refractivity contribution in [1.29, 1.82) is 0 Å². The summed E-state index contributed by atoms with van der Waals surface area (Å²) in [5, 5.41) is 5.69. The molecule has 0 saturated carbocycles. The number of carbonyl (C=O) groups excluding carboxylic acids is 1. The first-order valence-electron chi connectivity index (χ1n) is 6.69. The van der Waals surface area contributed by atoms with Crippen LogP contribution in [-0.4, -0.2) is 24.5 Å². The monoisotopic (exact) mass is 302 g/mol. The number of nitrogens with zero attached hydrogens (tertiary/aromatic N) is 1. The van der Waals surface area contributed by atoms with Crippen LogP contribution in [-0.2, 0) is 11.2 Å². The Morgan fingerprint density at radius 1 is 1.52 bits per heavy atom. The fourth-order valence-corrected chi connectivity index (χ4v) is 2.68. The van der Waals surface area contributed by atoms with Crippen molar-refractivity contribution in [2.24, 2.45) is 0 Å². The van der Waals surface area contributed by atoms with Crippen molar-refractivity contribution in [1.82, 2.24) is 10.3 Å². The van der Waals surface area contributed by atoms with Crippen LogP contribution in [0.3, 0.4) is 0 Å². The molecule has 0 aliphatic rings. The second-order valence-electron chi connectivity index (χ2n) is 4.47. The molecule has 2 rings (SSSR count). The molecule has 1 N–H and O–H groups in total. The molecule has 1 aromatic heterocycles. The molecule has 0 radical (unpaired) electrons. The van der Waals surface area contributed by atoms with E-state index < -0.39 is 0 Å². The Balaban J connectivity index is 1.97. The quantitative estimate of drug-likeness (QED) is 0.800. The largest absolute Gasteiger partial charge is 0.497 e. The maximum absolute atomic E-state index is 11.5. The third-order valence-electron chi connectivity index (χ3n) is 2.92. The van der Waals surface area contributed by atoms with Crippen LogP contribution in [0.2, 0.25) is 0 Å². The van der Waals surface area contributed by atoms with Crippen LogP contribution < -0.4 is 10.1 Å². The minimum Gasteiger partial charge on any atom is -0.497 e. The fourth-order valence-electron chi connectivity index (χ4n) is 1.83. The number of hydrogen-bond acceptors (Lipinski definition) is 4. The van der Waals surface area contributed by atoms with E-state index in [4.69, 9.17) is 4.74 Å². The molecule has 110 valence electrons. The van der Waals surface area contributed by atoms with Crippen molar-refractivity contribution < 1.29 is 9.53 Å². The summed E-state index contributed by atoms with van der Waals surface area (Å²) in [6, 6.07) is 7.81.